The van der Waals surface area contributed by atoms with Gasteiger partial charge in [-0.25, -0.2) is 0 Å². The summed E-state index contributed by atoms with van der Waals surface area (Å²) in [5, 5.41) is 13.9. The van der Waals surface area contributed by atoms with Crippen LogP contribution in [0, 0.1) is 0 Å². The van der Waals surface area contributed by atoms with Crippen molar-refractivity contribution in [3.63, 3.8) is 0 Å². The lowest BCUT2D eigenvalue weighted by Gasteiger charge is -2.14. The van der Waals surface area contributed by atoms with E-state index < -0.39 is 6.10 Å². The number of benzene rings is 2. The zero-order valence-electron chi connectivity index (χ0n) is 9.61. The molecule has 94 valence electrons. The van der Waals surface area contributed by atoms with Crippen LogP contribution < -0.4 is 5.32 Å². The quantitative estimate of drug-likeness (QED) is 0.880. The zero-order chi connectivity index (χ0) is 13.0. The fourth-order valence-corrected chi connectivity index (χ4v) is 2.19. The third-order valence-electron chi connectivity index (χ3n) is 2.60. The highest BCUT2D eigenvalue weighted by Gasteiger charge is 2.07. The van der Waals surface area contributed by atoms with Gasteiger partial charge in [-0.15, -0.1) is 0 Å². The van der Waals surface area contributed by atoms with Gasteiger partial charge in [0.05, 0.1) is 11.8 Å². The van der Waals surface area contributed by atoms with Crippen molar-refractivity contribution in [3.8, 4) is 0 Å². The molecular weight excluding hydrogens is 314 g/mol. The van der Waals surface area contributed by atoms with Crippen molar-refractivity contribution in [2.75, 3.05) is 11.9 Å². The predicted octanol–water partition coefficient (Wildman–Crippen LogP) is 4.25. The lowest BCUT2D eigenvalue weighted by molar-refractivity contribution is 0.191. The Balaban J connectivity index is 2.01. The molecule has 0 saturated heterocycles. The van der Waals surface area contributed by atoms with E-state index in [1.54, 1.807) is 0 Å². The molecule has 0 amide bonds. The number of aliphatic hydroxyl groups excluding tert-OH is 1. The maximum Gasteiger partial charge on any atom is 0.0962 e. The van der Waals surface area contributed by atoms with Crippen molar-refractivity contribution in [1.29, 1.82) is 0 Å². The second kappa shape index (κ2) is 6.23. The summed E-state index contributed by atoms with van der Waals surface area (Å²) >= 11 is 9.36. The van der Waals surface area contributed by atoms with E-state index in [0.29, 0.717) is 11.6 Å². The van der Waals surface area contributed by atoms with Gasteiger partial charge in [-0.1, -0.05) is 41.9 Å². The van der Waals surface area contributed by atoms with Gasteiger partial charge in [0.25, 0.3) is 0 Å². The molecular formula is C14H13BrClNO. The standard InChI is InChI=1S/C14H13BrClNO/c15-12-7-6-11(16)8-13(12)17-9-14(18)10-4-2-1-3-5-10/h1-8,14,17-18H,9H2. The number of rotatable bonds is 4. The summed E-state index contributed by atoms with van der Waals surface area (Å²) in [6.07, 6.45) is -0.544. The number of hydrogen-bond donors (Lipinski definition) is 2. The first-order chi connectivity index (χ1) is 8.66. The molecule has 2 rings (SSSR count). The van der Waals surface area contributed by atoms with E-state index in [1.807, 2.05) is 48.5 Å². The lowest BCUT2D eigenvalue weighted by atomic mass is 10.1. The van der Waals surface area contributed by atoms with E-state index in [1.165, 1.54) is 0 Å². The Morgan fingerprint density at radius 2 is 1.89 bits per heavy atom. The largest absolute Gasteiger partial charge is 0.387 e. The molecule has 0 aromatic heterocycles. The van der Waals surface area contributed by atoms with Crippen molar-refractivity contribution in [3.05, 3.63) is 63.6 Å². The predicted molar refractivity (Wildman–Crippen MR) is 79.0 cm³/mol. The van der Waals surface area contributed by atoms with Crippen LogP contribution in [0.15, 0.2) is 53.0 Å². The summed E-state index contributed by atoms with van der Waals surface area (Å²) in [6, 6.07) is 15.1. The van der Waals surface area contributed by atoms with Gasteiger partial charge in [-0.2, -0.15) is 0 Å². The SMILES string of the molecule is OC(CNc1cc(Cl)ccc1Br)c1ccccc1. The Bertz CT molecular complexity index is 518. The molecule has 0 bridgehead atoms. The van der Waals surface area contributed by atoms with Crippen LogP contribution in [0.1, 0.15) is 11.7 Å². The Morgan fingerprint density at radius 3 is 2.61 bits per heavy atom. The Labute approximate surface area is 120 Å². The minimum Gasteiger partial charge on any atom is -0.387 e. The van der Waals surface area contributed by atoms with Gasteiger partial charge in [0.2, 0.25) is 0 Å². The fourth-order valence-electron chi connectivity index (χ4n) is 1.63. The summed E-state index contributed by atoms with van der Waals surface area (Å²) in [5.74, 6) is 0. The van der Waals surface area contributed by atoms with E-state index in [0.717, 1.165) is 15.7 Å². The average Bonchev–Trinajstić information content (AvgIpc) is 2.40. The molecule has 0 heterocycles. The zero-order valence-corrected chi connectivity index (χ0v) is 11.9. The highest BCUT2D eigenvalue weighted by molar-refractivity contribution is 9.10. The van der Waals surface area contributed by atoms with Crippen LogP contribution in [0.2, 0.25) is 5.02 Å². The second-order valence-corrected chi connectivity index (χ2v) is 5.22. The normalized spacial score (nSPS) is 12.2. The Hall–Kier alpha value is -1.03. The van der Waals surface area contributed by atoms with Gasteiger partial charge in [0.1, 0.15) is 0 Å². The van der Waals surface area contributed by atoms with Crippen molar-refractivity contribution in [2.24, 2.45) is 0 Å². The van der Waals surface area contributed by atoms with Gasteiger partial charge in [0.15, 0.2) is 0 Å². The molecule has 18 heavy (non-hydrogen) atoms. The van der Waals surface area contributed by atoms with Crippen LogP contribution in [0.4, 0.5) is 5.69 Å². The minimum atomic E-state index is -0.544. The van der Waals surface area contributed by atoms with E-state index in [9.17, 15) is 5.11 Å². The van der Waals surface area contributed by atoms with Crippen LogP contribution in [0.25, 0.3) is 0 Å². The molecule has 0 radical (unpaired) electrons. The highest BCUT2D eigenvalue weighted by Crippen LogP contribution is 2.26. The molecule has 0 aliphatic carbocycles. The Kier molecular flexibility index (Phi) is 4.64. The molecule has 2 N–H and O–H groups in total. The lowest BCUT2D eigenvalue weighted by Crippen LogP contribution is -2.12. The molecule has 2 aromatic carbocycles. The topological polar surface area (TPSA) is 32.3 Å². The van der Waals surface area contributed by atoms with Crippen LogP contribution in [-0.4, -0.2) is 11.7 Å². The van der Waals surface area contributed by atoms with Gasteiger partial charge in [-0.3, -0.25) is 0 Å². The molecule has 4 heteroatoms. The maximum atomic E-state index is 10.0. The van der Waals surface area contributed by atoms with Crippen LogP contribution in [-0.2, 0) is 0 Å². The first-order valence-corrected chi connectivity index (χ1v) is 6.76. The molecule has 2 aromatic rings. The summed E-state index contributed by atoms with van der Waals surface area (Å²) in [6.45, 7) is 0.433. The summed E-state index contributed by atoms with van der Waals surface area (Å²) in [5.41, 5.74) is 1.76. The first kappa shape index (κ1) is 13.4. The third kappa shape index (κ3) is 3.48. The number of halogens is 2. The number of hydrogen-bond acceptors (Lipinski definition) is 2. The van der Waals surface area contributed by atoms with Crippen LogP contribution >= 0.6 is 27.5 Å². The van der Waals surface area contributed by atoms with Crippen molar-refractivity contribution in [1.82, 2.24) is 0 Å². The summed E-state index contributed by atoms with van der Waals surface area (Å²) in [4.78, 5) is 0. The van der Waals surface area contributed by atoms with Crippen molar-refractivity contribution in [2.45, 2.75) is 6.10 Å². The monoisotopic (exact) mass is 325 g/mol. The smallest absolute Gasteiger partial charge is 0.0962 e. The third-order valence-corrected chi connectivity index (χ3v) is 3.53. The van der Waals surface area contributed by atoms with Crippen molar-refractivity contribution >= 4 is 33.2 Å². The summed E-state index contributed by atoms with van der Waals surface area (Å²) < 4.78 is 0.923. The van der Waals surface area contributed by atoms with Gasteiger partial charge in [-0.05, 0) is 39.7 Å². The molecule has 1 unspecified atom stereocenters. The molecule has 0 saturated carbocycles. The van der Waals surface area contributed by atoms with E-state index in [-0.39, 0.29) is 0 Å². The van der Waals surface area contributed by atoms with E-state index >= 15 is 0 Å². The minimum absolute atomic E-state index is 0.433. The molecule has 2 nitrogen and oxygen atoms in total. The van der Waals surface area contributed by atoms with Crippen LogP contribution in [0.3, 0.4) is 0 Å². The van der Waals surface area contributed by atoms with Crippen LogP contribution in [0.5, 0.6) is 0 Å². The van der Waals surface area contributed by atoms with E-state index in [4.69, 9.17) is 11.6 Å². The maximum absolute atomic E-state index is 10.0. The van der Waals surface area contributed by atoms with Gasteiger partial charge in [0, 0.05) is 16.0 Å². The van der Waals surface area contributed by atoms with E-state index in [2.05, 4.69) is 21.2 Å². The molecule has 0 fully saturated rings. The fraction of sp³-hybridized carbons (Fsp3) is 0.143. The van der Waals surface area contributed by atoms with Gasteiger partial charge < -0.3 is 10.4 Å². The molecule has 0 aliphatic heterocycles. The highest BCUT2D eigenvalue weighted by atomic mass is 79.9. The number of nitrogens with one attached hydrogen (secondary N) is 1. The molecule has 0 spiro atoms. The van der Waals surface area contributed by atoms with Crippen molar-refractivity contribution < 1.29 is 5.11 Å². The second-order valence-electron chi connectivity index (χ2n) is 3.93. The number of anilines is 1. The molecule has 1 atom stereocenters. The Morgan fingerprint density at radius 1 is 1.17 bits per heavy atom. The summed E-state index contributed by atoms with van der Waals surface area (Å²) in [7, 11) is 0. The average molecular weight is 327 g/mol. The van der Waals surface area contributed by atoms with Gasteiger partial charge >= 0.3 is 0 Å². The first-order valence-electron chi connectivity index (χ1n) is 5.59. The molecule has 0 aliphatic rings. The number of aliphatic hydroxyl groups is 1.